The van der Waals surface area contributed by atoms with Crippen molar-refractivity contribution in [2.45, 2.75) is 11.8 Å². The molecule has 10 heteroatoms. The van der Waals surface area contributed by atoms with Crippen LogP contribution in [0.4, 0.5) is 11.5 Å². The van der Waals surface area contributed by atoms with Gasteiger partial charge in [0.2, 0.25) is 10.0 Å². The standard InChI is InChI=1S/C17H19ClN4O3S2/c1-12-2-5-16(19-11-12)21-17(26)20-15-10-13(3-4-14(15)18)27(23,24)22-6-8-25-9-7-22/h2-5,10-11H,6-9H2,1H3,(H2,19,20,21,26). The Morgan fingerprint density at radius 2 is 1.96 bits per heavy atom. The summed E-state index contributed by atoms with van der Waals surface area (Å²) >= 11 is 11.5. The largest absolute Gasteiger partial charge is 0.379 e. The van der Waals surface area contributed by atoms with Crippen LogP contribution in [0.5, 0.6) is 0 Å². The third-order valence-corrected chi connectivity index (χ3v) is 6.38. The number of sulfonamides is 1. The number of nitrogens with one attached hydrogen (secondary N) is 2. The molecule has 0 amide bonds. The summed E-state index contributed by atoms with van der Waals surface area (Å²) in [6, 6.07) is 8.19. The third-order valence-electron chi connectivity index (χ3n) is 3.95. The summed E-state index contributed by atoms with van der Waals surface area (Å²) in [5.74, 6) is 0.575. The molecule has 1 aromatic carbocycles. The first-order chi connectivity index (χ1) is 12.9. The van der Waals surface area contributed by atoms with Gasteiger partial charge >= 0.3 is 0 Å². The number of hydrogen-bond acceptors (Lipinski definition) is 5. The van der Waals surface area contributed by atoms with E-state index in [1.54, 1.807) is 12.3 Å². The summed E-state index contributed by atoms with van der Waals surface area (Å²) in [5.41, 5.74) is 1.43. The van der Waals surface area contributed by atoms with Gasteiger partial charge in [0.05, 0.1) is 28.8 Å². The lowest BCUT2D eigenvalue weighted by atomic mass is 10.3. The fourth-order valence-electron chi connectivity index (χ4n) is 2.51. The monoisotopic (exact) mass is 426 g/mol. The third kappa shape index (κ3) is 4.94. The van der Waals surface area contributed by atoms with E-state index < -0.39 is 10.0 Å². The number of anilines is 2. The number of hydrogen-bond donors (Lipinski definition) is 2. The number of aromatic nitrogens is 1. The second kappa shape index (κ2) is 8.49. The molecule has 7 nitrogen and oxygen atoms in total. The van der Waals surface area contributed by atoms with E-state index in [1.807, 2.05) is 13.0 Å². The van der Waals surface area contributed by atoms with E-state index >= 15 is 0 Å². The molecule has 0 unspecified atom stereocenters. The zero-order valence-corrected chi connectivity index (χ0v) is 17.0. The van der Waals surface area contributed by atoms with Crippen molar-refractivity contribution in [2.75, 3.05) is 36.9 Å². The molecule has 0 atom stereocenters. The van der Waals surface area contributed by atoms with Gasteiger partial charge in [-0.15, -0.1) is 0 Å². The minimum absolute atomic E-state index is 0.146. The Hall–Kier alpha value is -1.78. The molecule has 2 aromatic rings. The van der Waals surface area contributed by atoms with Crippen LogP contribution >= 0.6 is 23.8 Å². The zero-order valence-electron chi connectivity index (χ0n) is 14.6. The first kappa shape index (κ1) is 20.0. The predicted octanol–water partition coefficient (Wildman–Crippen LogP) is 2.87. The Morgan fingerprint density at radius 3 is 2.63 bits per heavy atom. The number of ether oxygens (including phenoxy) is 1. The molecule has 0 radical (unpaired) electrons. The Bertz CT molecular complexity index is 930. The van der Waals surface area contributed by atoms with Gasteiger partial charge in [-0.2, -0.15) is 4.31 Å². The molecule has 27 heavy (non-hydrogen) atoms. The van der Waals surface area contributed by atoms with Gasteiger partial charge in [0.25, 0.3) is 0 Å². The molecule has 1 aromatic heterocycles. The van der Waals surface area contributed by atoms with Crippen molar-refractivity contribution in [2.24, 2.45) is 0 Å². The lowest BCUT2D eigenvalue weighted by Gasteiger charge is -2.26. The van der Waals surface area contributed by atoms with Gasteiger partial charge in [-0.25, -0.2) is 13.4 Å². The first-order valence-electron chi connectivity index (χ1n) is 8.24. The number of benzene rings is 1. The van der Waals surface area contributed by atoms with Gasteiger partial charge in [-0.05, 0) is 49.0 Å². The smallest absolute Gasteiger partial charge is 0.243 e. The van der Waals surface area contributed by atoms with Crippen molar-refractivity contribution in [1.29, 1.82) is 0 Å². The maximum Gasteiger partial charge on any atom is 0.243 e. The fourth-order valence-corrected chi connectivity index (χ4v) is 4.32. The number of pyridine rings is 1. The van der Waals surface area contributed by atoms with Crippen molar-refractivity contribution >= 4 is 50.5 Å². The molecular weight excluding hydrogens is 408 g/mol. The molecule has 3 rings (SSSR count). The summed E-state index contributed by atoms with van der Waals surface area (Å²) in [4.78, 5) is 4.36. The van der Waals surface area contributed by atoms with E-state index in [2.05, 4.69) is 15.6 Å². The van der Waals surface area contributed by atoms with Crippen molar-refractivity contribution in [1.82, 2.24) is 9.29 Å². The molecule has 0 aliphatic carbocycles. The average Bonchev–Trinajstić information content (AvgIpc) is 2.66. The van der Waals surface area contributed by atoms with E-state index in [-0.39, 0.29) is 10.0 Å². The second-order valence-corrected chi connectivity index (χ2v) is 8.71. The van der Waals surface area contributed by atoms with Crippen LogP contribution in [0.25, 0.3) is 0 Å². The van der Waals surface area contributed by atoms with E-state index in [0.717, 1.165) is 5.56 Å². The van der Waals surface area contributed by atoms with Crippen LogP contribution in [0, 0.1) is 6.92 Å². The van der Waals surface area contributed by atoms with Gasteiger partial charge in [-0.1, -0.05) is 17.7 Å². The molecular formula is C17H19ClN4O3S2. The summed E-state index contributed by atoms with van der Waals surface area (Å²) in [6.45, 7) is 3.36. The van der Waals surface area contributed by atoms with Crippen LogP contribution in [0.15, 0.2) is 41.4 Å². The van der Waals surface area contributed by atoms with Crippen molar-refractivity contribution < 1.29 is 13.2 Å². The van der Waals surface area contributed by atoms with Gasteiger partial charge in [0.15, 0.2) is 5.11 Å². The number of nitrogens with zero attached hydrogens (tertiary/aromatic N) is 2. The Morgan fingerprint density at radius 1 is 1.22 bits per heavy atom. The predicted molar refractivity (Wildman–Crippen MR) is 110 cm³/mol. The average molecular weight is 427 g/mol. The van der Waals surface area contributed by atoms with Crippen LogP contribution in [-0.2, 0) is 14.8 Å². The Kier molecular flexibility index (Phi) is 6.28. The quantitative estimate of drug-likeness (QED) is 0.727. The molecule has 1 aliphatic heterocycles. The summed E-state index contributed by atoms with van der Waals surface area (Å²) in [7, 11) is -3.62. The van der Waals surface area contributed by atoms with Crippen LogP contribution in [0.3, 0.4) is 0 Å². The van der Waals surface area contributed by atoms with Gasteiger partial charge in [0.1, 0.15) is 5.82 Å². The minimum Gasteiger partial charge on any atom is -0.379 e. The highest BCUT2D eigenvalue weighted by atomic mass is 35.5. The van der Waals surface area contributed by atoms with E-state index in [1.165, 1.54) is 22.5 Å². The molecule has 0 spiro atoms. The van der Waals surface area contributed by atoms with Crippen LogP contribution in [0.1, 0.15) is 5.56 Å². The van der Waals surface area contributed by atoms with Crippen molar-refractivity contribution in [3.05, 3.63) is 47.1 Å². The van der Waals surface area contributed by atoms with Crippen LogP contribution in [-0.4, -0.2) is 49.1 Å². The highest BCUT2D eigenvalue weighted by Crippen LogP contribution is 2.27. The molecule has 0 bridgehead atoms. The summed E-state index contributed by atoms with van der Waals surface area (Å²) in [6.07, 6.45) is 1.72. The normalized spacial score (nSPS) is 15.3. The molecule has 2 N–H and O–H groups in total. The highest BCUT2D eigenvalue weighted by molar-refractivity contribution is 7.89. The molecule has 1 fully saturated rings. The van der Waals surface area contributed by atoms with Crippen molar-refractivity contribution in [3.63, 3.8) is 0 Å². The molecule has 2 heterocycles. The van der Waals surface area contributed by atoms with Gasteiger partial charge in [0, 0.05) is 19.3 Å². The molecule has 144 valence electrons. The Balaban J connectivity index is 1.76. The van der Waals surface area contributed by atoms with Gasteiger partial charge in [-0.3, -0.25) is 0 Å². The lowest BCUT2D eigenvalue weighted by Crippen LogP contribution is -2.40. The van der Waals surface area contributed by atoms with E-state index in [9.17, 15) is 8.42 Å². The van der Waals surface area contributed by atoms with Crippen molar-refractivity contribution in [3.8, 4) is 0 Å². The number of aryl methyl sites for hydroxylation is 1. The number of thiocarbonyl (C=S) groups is 1. The summed E-state index contributed by atoms with van der Waals surface area (Å²) in [5, 5.41) is 6.49. The molecule has 0 saturated carbocycles. The Labute approximate surface area is 168 Å². The maximum atomic E-state index is 12.8. The van der Waals surface area contributed by atoms with E-state index in [4.69, 9.17) is 28.6 Å². The zero-order chi connectivity index (χ0) is 19.4. The minimum atomic E-state index is -3.62. The van der Waals surface area contributed by atoms with Crippen LogP contribution in [0.2, 0.25) is 5.02 Å². The maximum absolute atomic E-state index is 12.8. The topological polar surface area (TPSA) is 83.6 Å². The second-order valence-electron chi connectivity index (χ2n) is 5.96. The summed E-state index contributed by atoms with van der Waals surface area (Å²) < 4.78 is 32.2. The SMILES string of the molecule is Cc1ccc(NC(=S)Nc2cc(S(=O)(=O)N3CCOCC3)ccc2Cl)nc1. The fraction of sp³-hybridized carbons (Fsp3) is 0.294. The van der Waals surface area contributed by atoms with Crippen LogP contribution < -0.4 is 10.6 Å². The van der Waals surface area contributed by atoms with E-state index in [0.29, 0.717) is 42.8 Å². The lowest BCUT2D eigenvalue weighted by molar-refractivity contribution is 0.0730. The first-order valence-corrected chi connectivity index (χ1v) is 10.5. The number of rotatable bonds is 4. The number of morpholine rings is 1. The highest BCUT2D eigenvalue weighted by Gasteiger charge is 2.27. The molecule has 1 aliphatic rings. The van der Waals surface area contributed by atoms with Gasteiger partial charge < -0.3 is 15.4 Å². The molecule has 1 saturated heterocycles. The number of halogens is 1.